The summed E-state index contributed by atoms with van der Waals surface area (Å²) in [4.78, 5) is 35.7. The Hall–Kier alpha value is -1.93. The Kier molecular flexibility index (Phi) is 35.9. The van der Waals surface area contributed by atoms with Crippen LogP contribution < -0.4 is 0 Å². The molecule has 13 nitrogen and oxygen atoms in total. The van der Waals surface area contributed by atoms with Crippen molar-refractivity contribution in [3.63, 3.8) is 0 Å². The smallest absolute Gasteiger partial charge is 0.462 e. The maximum absolute atomic E-state index is 12.8. The Morgan fingerprint density at radius 2 is 0.871 bits per heavy atom. The van der Waals surface area contributed by atoms with Gasteiger partial charge in [0.25, 0.3) is 0 Å². The minimum Gasteiger partial charge on any atom is -0.462 e. The number of aliphatic hydroxyl groups is 5. The summed E-state index contributed by atoms with van der Waals surface area (Å²) in [7, 11) is -5.12. The van der Waals surface area contributed by atoms with Crippen molar-refractivity contribution < 1.29 is 63.1 Å². The fourth-order valence-electron chi connectivity index (χ4n) is 7.25. The molecule has 0 amide bonds. The largest absolute Gasteiger partial charge is 0.472 e. The number of phosphoric acid groups is 1. The summed E-state index contributed by atoms with van der Waals surface area (Å²) in [6.07, 6.45) is 30.5. The van der Waals surface area contributed by atoms with Gasteiger partial charge in [0.1, 0.15) is 43.2 Å². The van der Waals surface area contributed by atoms with Gasteiger partial charge in [-0.25, -0.2) is 4.57 Å². The lowest BCUT2D eigenvalue weighted by atomic mass is 9.85. The van der Waals surface area contributed by atoms with E-state index in [-0.39, 0.29) is 12.8 Å². The van der Waals surface area contributed by atoms with E-state index >= 15 is 0 Å². The van der Waals surface area contributed by atoms with Crippen molar-refractivity contribution in [1.29, 1.82) is 0 Å². The molecule has 1 aliphatic rings. The first-order chi connectivity index (χ1) is 29.9. The number of carbonyl (C=O) groups excluding carboxylic acids is 2. The Balaban J connectivity index is 2.44. The van der Waals surface area contributed by atoms with E-state index in [0.29, 0.717) is 12.8 Å². The van der Waals surface area contributed by atoms with E-state index in [2.05, 4.69) is 50.3 Å². The third kappa shape index (κ3) is 30.3. The van der Waals surface area contributed by atoms with Crippen molar-refractivity contribution in [2.24, 2.45) is 0 Å². The van der Waals surface area contributed by atoms with Gasteiger partial charge in [-0.2, -0.15) is 0 Å². The Morgan fingerprint density at radius 1 is 0.500 bits per heavy atom. The number of carbonyl (C=O) groups is 2. The van der Waals surface area contributed by atoms with Gasteiger partial charge >= 0.3 is 19.8 Å². The molecule has 1 rings (SSSR count). The third-order valence-electron chi connectivity index (χ3n) is 11.2. The minimum atomic E-state index is -5.12. The molecule has 14 heteroatoms. The van der Waals surface area contributed by atoms with Gasteiger partial charge in [-0.05, 0) is 70.6 Å². The number of allylic oxidation sites excluding steroid dienone is 6. The number of hydrogen-bond acceptors (Lipinski definition) is 12. The van der Waals surface area contributed by atoms with Crippen LogP contribution in [-0.4, -0.2) is 98.3 Å². The van der Waals surface area contributed by atoms with Gasteiger partial charge in [-0.3, -0.25) is 18.6 Å². The summed E-state index contributed by atoms with van der Waals surface area (Å²) in [6.45, 7) is 3.27. The van der Waals surface area contributed by atoms with Crippen LogP contribution in [0.1, 0.15) is 200 Å². The summed E-state index contributed by atoms with van der Waals surface area (Å²) in [5.74, 6) is -1.11. The molecule has 362 valence electrons. The molecule has 1 fully saturated rings. The predicted octanol–water partition coefficient (Wildman–Crippen LogP) is 9.78. The van der Waals surface area contributed by atoms with E-state index < -0.39 is 75.7 Å². The molecule has 0 aromatic heterocycles. The Labute approximate surface area is 374 Å². The molecule has 0 aliphatic heterocycles. The van der Waals surface area contributed by atoms with E-state index in [1.54, 1.807) is 0 Å². The molecule has 1 saturated carbocycles. The molecule has 8 atom stereocenters. The number of phosphoric ester groups is 1. The van der Waals surface area contributed by atoms with Gasteiger partial charge in [0, 0.05) is 12.8 Å². The first kappa shape index (κ1) is 58.1. The van der Waals surface area contributed by atoms with Crippen molar-refractivity contribution in [3.05, 3.63) is 36.5 Å². The molecule has 1 aliphatic carbocycles. The number of hydrogen-bond donors (Lipinski definition) is 6. The van der Waals surface area contributed by atoms with Gasteiger partial charge in [0.15, 0.2) is 6.10 Å². The van der Waals surface area contributed by atoms with Gasteiger partial charge in [0.2, 0.25) is 0 Å². The highest BCUT2D eigenvalue weighted by atomic mass is 31.2. The summed E-state index contributed by atoms with van der Waals surface area (Å²) < 4.78 is 33.6. The SMILES string of the molecule is CCCCC/C=C\C/C=C\CCCCCCCCCC(=O)OC[C@H](COP(=O)(O)OC1C(O)C(O)C(O)[C@@H](O)C1O)OC(=O)CCCCCCC/C=C\CCCCCCCCC. The van der Waals surface area contributed by atoms with Crippen LogP contribution in [0.2, 0.25) is 0 Å². The van der Waals surface area contributed by atoms with E-state index in [1.165, 1.54) is 77.0 Å². The molecular formula is C48H87O13P. The van der Waals surface area contributed by atoms with E-state index in [1.807, 2.05) is 0 Å². The number of unbranched alkanes of at least 4 members (excludes halogenated alkanes) is 22. The molecule has 0 saturated heterocycles. The second-order valence-electron chi connectivity index (χ2n) is 17.0. The number of aliphatic hydroxyl groups excluding tert-OH is 5. The Bertz CT molecular complexity index is 1230. The fourth-order valence-corrected chi connectivity index (χ4v) is 8.23. The summed E-state index contributed by atoms with van der Waals surface area (Å²) >= 11 is 0. The van der Waals surface area contributed by atoms with Gasteiger partial charge < -0.3 is 39.9 Å². The molecule has 6 unspecified atom stereocenters. The van der Waals surface area contributed by atoms with Gasteiger partial charge in [-0.1, -0.05) is 153 Å². The first-order valence-corrected chi connectivity index (χ1v) is 25.8. The zero-order chi connectivity index (χ0) is 45.7. The Morgan fingerprint density at radius 3 is 1.35 bits per heavy atom. The van der Waals surface area contributed by atoms with Crippen LogP contribution in [0.15, 0.2) is 36.5 Å². The van der Waals surface area contributed by atoms with Crippen molar-refractivity contribution in [3.8, 4) is 0 Å². The summed E-state index contributed by atoms with van der Waals surface area (Å²) in [5.41, 5.74) is 0. The van der Waals surface area contributed by atoms with Crippen LogP contribution in [0.25, 0.3) is 0 Å². The molecule has 0 radical (unpaired) electrons. The van der Waals surface area contributed by atoms with E-state index in [4.69, 9.17) is 18.5 Å². The third-order valence-corrected chi connectivity index (χ3v) is 12.2. The average Bonchev–Trinajstić information content (AvgIpc) is 3.25. The fraction of sp³-hybridized carbons (Fsp3) is 0.833. The molecule has 0 aromatic carbocycles. The highest BCUT2D eigenvalue weighted by Gasteiger charge is 2.51. The number of rotatable bonds is 40. The van der Waals surface area contributed by atoms with Crippen LogP contribution in [0, 0.1) is 0 Å². The van der Waals surface area contributed by atoms with Crippen molar-refractivity contribution in [1.82, 2.24) is 0 Å². The average molecular weight is 903 g/mol. The minimum absolute atomic E-state index is 0.0855. The zero-order valence-electron chi connectivity index (χ0n) is 38.4. The van der Waals surface area contributed by atoms with Crippen molar-refractivity contribution >= 4 is 19.8 Å². The zero-order valence-corrected chi connectivity index (χ0v) is 39.3. The van der Waals surface area contributed by atoms with Crippen LogP contribution in [0.4, 0.5) is 0 Å². The van der Waals surface area contributed by atoms with Gasteiger partial charge in [0.05, 0.1) is 6.61 Å². The number of ether oxygens (including phenoxy) is 2. The predicted molar refractivity (Wildman–Crippen MR) is 244 cm³/mol. The second kappa shape index (κ2) is 38.3. The standard InChI is InChI=1S/C48H87O13P/c1-3-5-7-9-11-13-15-17-19-21-23-24-26-28-30-32-34-36-41(49)58-38-40(39-59-62(56,57)61-48-46(54)44(52)43(51)45(53)47(48)55)60-42(50)37-35-33-31-29-27-25-22-20-18-16-14-12-10-8-6-4-2/h11,13,17,19-20,22,40,43-48,51-55H,3-10,12,14-16,18,21,23-39H2,1-2H3,(H,56,57)/b13-11-,19-17-,22-20-/t40-,43?,44-,45?,46?,47?,48?/m1/s1. The first-order valence-electron chi connectivity index (χ1n) is 24.3. The highest BCUT2D eigenvalue weighted by molar-refractivity contribution is 7.47. The number of esters is 2. The molecule has 6 N–H and O–H groups in total. The lowest BCUT2D eigenvalue weighted by Gasteiger charge is -2.41. The van der Waals surface area contributed by atoms with Crippen LogP contribution in [0.5, 0.6) is 0 Å². The van der Waals surface area contributed by atoms with Crippen molar-refractivity contribution in [2.75, 3.05) is 13.2 Å². The molecule has 0 heterocycles. The van der Waals surface area contributed by atoms with Crippen molar-refractivity contribution in [2.45, 2.75) is 243 Å². The molecular weight excluding hydrogens is 815 g/mol. The quantitative estimate of drug-likeness (QED) is 0.0147. The molecule has 62 heavy (non-hydrogen) atoms. The molecule has 0 aromatic rings. The maximum atomic E-state index is 12.8. The van der Waals surface area contributed by atoms with Crippen LogP contribution >= 0.6 is 7.82 Å². The summed E-state index contributed by atoms with van der Waals surface area (Å²) in [5, 5.41) is 50.2. The normalized spacial score (nSPS) is 22.1. The van der Waals surface area contributed by atoms with E-state index in [9.17, 15) is 44.6 Å². The topological polar surface area (TPSA) is 210 Å². The lowest BCUT2D eigenvalue weighted by Crippen LogP contribution is -2.64. The van der Waals surface area contributed by atoms with Crippen LogP contribution in [-0.2, 0) is 32.7 Å². The van der Waals surface area contributed by atoms with Crippen LogP contribution in [0.3, 0.4) is 0 Å². The summed E-state index contributed by atoms with van der Waals surface area (Å²) in [6, 6.07) is 0. The lowest BCUT2D eigenvalue weighted by molar-refractivity contribution is -0.220. The maximum Gasteiger partial charge on any atom is 0.472 e. The van der Waals surface area contributed by atoms with E-state index in [0.717, 1.165) is 83.5 Å². The highest BCUT2D eigenvalue weighted by Crippen LogP contribution is 2.47. The monoisotopic (exact) mass is 903 g/mol. The molecule has 0 bridgehead atoms. The molecule has 0 spiro atoms. The van der Waals surface area contributed by atoms with Gasteiger partial charge in [-0.15, -0.1) is 0 Å². The second-order valence-corrected chi connectivity index (χ2v) is 18.4.